The van der Waals surface area contributed by atoms with Crippen LogP contribution < -0.4 is 4.90 Å². The van der Waals surface area contributed by atoms with Gasteiger partial charge in [0.15, 0.2) is 5.78 Å². The maximum absolute atomic E-state index is 13.1. The molecule has 0 N–H and O–H groups in total. The van der Waals surface area contributed by atoms with Crippen LogP contribution in [0.3, 0.4) is 0 Å². The van der Waals surface area contributed by atoms with E-state index in [0.717, 1.165) is 32.6 Å². The summed E-state index contributed by atoms with van der Waals surface area (Å²) >= 11 is 0. The minimum Gasteiger partial charge on any atom is -0.336 e. The molecule has 2 aliphatic heterocycles. The molecule has 30 heavy (non-hydrogen) atoms. The molecule has 0 spiro atoms. The summed E-state index contributed by atoms with van der Waals surface area (Å²) in [5.74, 6) is 2.30. The summed E-state index contributed by atoms with van der Waals surface area (Å²) in [5.41, 5.74) is 3.68. The van der Waals surface area contributed by atoms with Gasteiger partial charge in [0.2, 0.25) is 0 Å². The van der Waals surface area contributed by atoms with Gasteiger partial charge in [-0.25, -0.2) is 0 Å². The number of likely N-dealkylation sites (N-methyl/N-ethyl adjacent to an activating group) is 2. The summed E-state index contributed by atoms with van der Waals surface area (Å²) in [4.78, 5) is 17.9. The van der Waals surface area contributed by atoms with Crippen molar-refractivity contribution in [2.45, 2.75) is 65.2 Å². The molecule has 4 rings (SSSR count). The summed E-state index contributed by atoms with van der Waals surface area (Å²) in [7, 11) is 0. The number of allylic oxidation sites excluding steroid dienone is 1. The number of para-hydroxylation sites is 1. The third-order valence-corrected chi connectivity index (χ3v) is 7.44. The molecular formula is C26H38N3O+. The fourth-order valence-electron chi connectivity index (χ4n) is 5.66. The van der Waals surface area contributed by atoms with Crippen molar-refractivity contribution in [3.8, 4) is 0 Å². The average Bonchev–Trinajstić information content (AvgIpc) is 3.43. The Kier molecular flexibility index (Phi) is 6.04. The van der Waals surface area contributed by atoms with Gasteiger partial charge in [-0.15, -0.1) is 0 Å². The topological polar surface area (TPSA) is 26.6 Å². The third-order valence-electron chi connectivity index (χ3n) is 7.44. The molecule has 1 aromatic rings. The maximum Gasteiger partial charge on any atom is 0.273 e. The molecule has 0 amide bonds. The molecule has 0 unspecified atom stereocenters. The van der Waals surface area contributed by atoms with E-state index in [1.807, 2.05) is 0 Å². The third kappa shape index (κ3) is 3.81. The van der Waals surface area contributed by atoms with Gasteiger partial charge in [0.1, 0.15) is 13.1 Å². The van der Waals surface area contributed by atoms with Crippen molar-refractivity contribution in [2.24, 2.45) is 5.92 Å². The van der Waals surface area contributed by atoms with Crippen LogP contribution in [-0.4, -0.2) is 53.8 Å². The first kappa shape index (κ1) is 21.1. The lowest BCUT2D eigenvalue weighted by Gasteiger charge is -2.27. The highest BCUT2D eigenvalue weighted by Crippen LogP contribution is 2.47. The first-order valence-electron chi connectivity index (χ1n) is 11.9. The predicted octanol–water partition coefficient (Wildman–Crippen LogP) is 4.58. The van der Waals surface area contributed by atoms with E-state index in [0.29, 0.717) is 18.2 Å². The number of rotatable bonds is 7. The molecular weight excluding hydrogens is 370 g/mol. The SMILES string of the molecule is CCN1CC[N+](CC)=C1/C=C1/N(CC(=O)CC2CCCC2)c2ccccc2C1(C)C. The number of ketones is 1. The molecule has 0 bridgehead atoms. The zero-order valence-corrected chi connectivity index (χ0v) is 19.3. The van der Waals surface area contributed by atoms with E-state index in [9.17, 15) is 4.79 Å². The number of Topliss-reactive ketones (excluding diaryl/α,β-unsaturated/α-hetero) is 1. The van der Waals surface area contributed by atoms with Gasteiger partial charge in [-0.1, -0.05) is 57.7 Å². The van der Waals surface area contributed by atoms with Crippen LogP contribution >= 0.6 is 0 Å². The highest BCUT2D eigenvalue weighted by Gasteiger charge is 2.42. The van der Waals surface area contributed by atoms with Gasteiger partial charge in [-0.05, 0) is 31.4 Å². The molecule has 0 aromatic heterocycles. The molecule has 1 aromatic carbocycles. The van der Waals surface area contributed by atoms with Crippen molar-refractivity contribution >= 4 is 17.3 Å². The van der Waals surface area contributed by atoms with Gasteiger partial charge in [0.25, 0.3) is 5.84 Å². The Labute approximate surface area is 182 Å². The van der Waals surface area contributed by atoms with Gasteiger partial charge >= 0.3 is 0 Å². The second-order valence-electron chi connectivity index (χ2n) is 9.67. The summed E-state index contributed by atoms with van der Waals surface area (Å²) in [6.07, 6.45) is 8.16. The van der Waals surface area contributed by atoms with Crippen LogP contribution in [0.5, 0.6) is 0 Å². The van der Waals surface area contributed by atoms with E-state index in [-0.39, 0.29) is 5.41 Å². The predicted molar refractivity (Wildman–Crippen MR) is 124 cm³/mol. The van der Waals surface area contributed by atoms with Crippen LogP contribution in [0.4, 0.5) is 5.69 Å². The first-order chi connectivity index (χ1) is 14.5. The fraction of sp³-hybridized carbons (Fsp3) is 0.615. The monoisotopic (exact) mass is 408 g/mol. The van der Waals surface area contributed by atoms with E-state index in [4.69, 9.17) is 0 Å². The van der Waals surface area contributed by atoms with Crippen LogP contribution in [0.15, 0.2) is 36.0 Å². The zero-order valence-electron chi connectivity index (χ0n) is 19.3. The van der Waals surface area contributed by atoms with E-state index in [1.54, 1.807) is 0 Å². The molecule has 3 aliphatic rings. The molecule has 2 heterocycles. The van der Waals surface area contributed by atoms with Crippen LogP contribution in [0.1, 0.15) is 65.4 Å². The highest BCUT2D eigenvalue weighted by molar-refractivity contribution is 5.94. The molecule has 4 heteroatoms. The van der Waals surface area contributed by atoms with Gasteiger partial charge in [0.05, 0.1) is 19.6 Å². The Bertz CT molecular complexity index is 861. The number of anilines is 1. The number of carbonyl (C=O) groups excluding carboxylic acids is 1. The zero-order chi connectivity index (χ0) is 21.3. The second-order valence-corrected chi connectivity index (χ2v) is 9.67. The van der Waals surface area contributed by atoms with Crippen molar-refractivity contribution in [3.63, 3.8) is 0 Å². The molecule has 1 saturated carbocycles. The number of nitrogens with zero attached hydrogens (tertiary/aromatic N) is 3. The Morgan fingerprint density at radius 3 is 2.63 bits per heavy atom. The minimum absolute atomic E-state index is 0.112. The van der Waals surface area contributed by atoms with E-state index < -0.39 is 0 Å². The lowest BCUT2D eigenvalue weighted by Crippen LogP contribution is -2.35. The highest BCUT2D eigenvalue weighted by atomic mass is 16.1. The molecule has 4 nitrogen and oxygen atoms in total. The molecule has 1 aliphatic carbocycles. The van der Waals surface area contributed by atoms with Gasteiger partial charge in [-0.2, -0.15) is 0 Å². The molecule has 0 radical (unpaired) electrons. The van der Waals surface area contributed by atoms with E-state index in [2.05, 4.69) is 72.4 Å². The van der Waals surface area contributed by atoms with Gasteiger partial charge < -0.3 is 4.90 Å². The quantitative estimate of drug-likeness (QED) is 0.618. The van der Waals surface area contributed by atoms with Gasteiger partial charge in [0, 0.05) is 29.3 Å². The Morgan fingerprint density at radius 2 is 1.93 bits per heavy atom. The number of hydrogen-bond donors (Lipinski definition) is 0. The second kappa shape index (κ2) is 8.56. The smallest absolute Gasteiger partial charge is 0.273 e. The molecule has 0 saturated heterocycles. The van der Waals surface area contributed by atoms with E-state index in [1.165, 1.54) is 48.5 Å². The largest absolute Gasteiger partial charge is 0.336 e. The van der Waals surface area contributed by atoms with Gasteiger partial charge in [-0.3, -0.25) is 14.3 Å². The minimum atomic E-state index is -0.112. The summed E-state index contributed by atoms with van der Waals surface area (Å²) in [5, 5.41) is 0. The number of hydrogen-bond acceptors (Lipinski definition) is 3. The van der Waals surface area contributed by atoms with Crippen molar-refractivity contribution < 1.29 is 9.37 Å². The summed E-state index contributed by atoms with van der Waals surface area (Å²) in [6.45, 7) is 13.8. The normalized spacial score (nSPS) is 22.5. The standard InChI is InChI=1S/C26H38N3O/c1-5-27-15-16-28(6-2)25(27)18-24-26(3,4)22-13-9-10-14-23(22)29(24)19-21(30)17-20-11-7-8-12-20/h9-10,13-14,18,20H,5-8,11-12,15-17,19H2,1-4H3/q+1. The lowest BCUT2D eigenvalue weighted by atomic mass is 9.83. The van der Waals surface area contributed by atoms with Crippen LogP contribution in [0.25, 0.3) is 0 Å². The summed E-state index contributed by atoms with van der Waals surface area (Å²) < 4.78 is 2.47. The van der Waals surface area contributed by atoms with Crippen molar-refractivity contribution in [1.29, 1.82) is 0 Å². The first-order valence-corrected chi connectivity index (χ1v) is 11.9. The number of fused-ring (bicyclic) bond motifs is 1. The Morgan fingerprint density at radius 1 is 1.20 bits per heavy atom. The summed E-state index contributed by atoms with van der Waals surface area (Å²) in [6, 6.07) is 8.65. The van der Waals surface area contributed by atoms with Crippen LogP contribution in [0, 0.1) is 5.92 Å². The molecule has 1 fully saturated rings. The maximum atomic E-state index is 13.1. The number of benzene rings is 1. The van der Waals surface area contributed by atoms with Crippen molar-refractivity contribution in [2.75, 3.05) is 37.6 Å². The van der Waals surface area contributed by atoms with Crippen LogP contribution in [-0.2, 0) is 10.2 Å². The fourth-order valence-corrected chi connectivity index (χ4v) is 5.66. The lowest BCUT2D eigenvalue weighted by molar-refractivity contribution is -0.513. The Balaban J connectivity index is 1.70. The molecule has 162 valence electrons. The van der Waals surface area contributed by atoms with Crippen molar-refractivity contribution in [1.82, 2.24) is 4.90 Å². The molecule has 0 atom stereocenters. The number of carbonyl (C=O) groups is 1. The average molecular weight is 409 g/mol. The van der Waals surface area contributed by atoms with E-state index >= 15 is 0 Å². The van der Waals surface area contributed by atoms with Crippen LogP contribution in [0.2, 0.25) is 0 Å². The number of amidine groups is 1. The van der Waals surface area contributed by atoms with Crippen molar-refractivity contribution in [3.05, 3.63) is 41.6 Å². The Hall–Kier alpha value is -2.10.